The van der Waals surface area contributed by atoms with Crippen LogP contribution in [0.4, 0.5) is 5.82 Å². The first-order valence-corrected chi connectivity index (χ1v) is 8.00. The Bertz CT molecular complexity index is 775. The van der Waals surface area contributed by atoms with Gasteiger partial charge in [0.15, 0.2) is 0 Å². The van der Waals surface area contributed by atoms with E-state index in [-0.39, 0.29) is 6.04 Å². The van der Waals surface area contributed by atoms with Gasteiger partial charge in [0.1, 0.15) is 17.9 Å². The number of fused-ring (bicyclic) bond motifs is 1. The second-order valence-corrected chi connectivity index (χ2v) is 5.91. The van der Waals surface area contributed by atoms with Crippen molar-refractivity contribution in [1.29, 1.82) is 0 Å². The summed E-state index contributed by atoms with van der Waals surface area (Å²) in [5.74, 6) is 2.52. The molecule has 1 aliphatic heterocycles. The number of hydrogen-bond acceptors (Lipinski definition) is 6. The Morgan fingerprint density at radius 3 is 3.00 bits per heavy atom. The van der Waals surface area contributed by atoms with Crippen LogP contribution in [0.25, 0.3) is 5.78 Å². The molecule has 0 bridgehead atoms. The fraction of sp³-hybridized carbons (Fsp3) is 0.438. The van der Waals surface area contributed by atoms with Gasteiger partial charge in [-0.15, -0.1) is 0 Å². The number of anilines is 1. The normalized spacial score (nSPS) is 16.9. The van der Waals surface area contributed by atoms with Gasteiger partial charge >= 0.3 is 0 Å². The molecule has 1 fully saturated rings. The lowest BCUT2D eigenvalue weighted by Crippen LogP contribution is -2.31. The number of likely N-dealkylation sites (tertiary alicyclic amines) is 1. The topological polar surface area (TPSA) is 71.5 Å². The minimum absolute atomic E-state index is 0.222. The molecule has 4 heterocycles. The van der Waals surface area contributed by atoms with Crippen molar-refractivity contribution in [2.45, 2.75) is 25.8 Å². The van der Waals surface area contributed by atoms with Gasteiger partial charge in [-0.05, 0) is 45.0 Å². The third-order valence-corrected chi connectivity index (χ3v) is 4.31. The van der Waals surface area contributed by atoms with Gasteiger partial charge in [-0.1, -0.05) is 0 Å². The van der Waals surface area contributed by atoms with E-state index in [0.717, 1.165) is 36.9 Å². The number of aryl methyl sites for hydroxylation is 1. The van der Waals surface area contributed by atoms with Crippen LogP contribution in [0.3, 0.4) is 0 Å². The van der Waals surface area contributed by atoms with Crippen molar-refractivity contribution in [3.63, 3.8) is 0 Å². The van der Waals surface area contributed by atoms with Crippen LogP contribution in [-0.4, -0.2) is 44.1 Å². The Labute approximate surface area is 134 Å². The Kier molecular flexibility index (Phi) is 3.70. The first-order valence-electron chi connectivity index (χ1n) is 8.00. The third kappa shape index (κ3) is 2.79. The van der Waals surface area contributed by atoms with Crippen LogP contribution in [0.2, 0.25) is 0 Å². The van der Waals surface area contributed by atoms with Crippen molar-refractivity contribution >= 4 is 11.6 Å². The lowest BCUT2D eigenvalue weighted by molar-refractivity contribution is 0.225. The van der Waals surface area contributed by atoms with Crippen molar-refractivity contribution in [1.82, 2.24) is 24.5 Å². The summed E-state index contributed by atoms with van der Waals surface area (Å²) in [5.41, 5.74) is 0.920. The summed E-state index contributed by atoms with van der Waals surface area (Å²) in [6.45, 7) is 4.94. The SMILES string of the molecule is Cc1cc(NCC(c2ccco2)N2CCCC2)n2ncnc2n1. The minimum Gasteiger partial charge on any atom is -0.468 e. The Hall–Kier alpha value is -2.41. The van der Waals surface area contributed by atoms with Crippen LogP contribution in [0.1, 0.15) is 30.3 Å². The monoisotopic (exact) mass is 312 g/mol. The Balaban J connectivity index is 1.58. The molecule has 23 heavy (non-hydrogen) atoms. The zero-order valence-corrected chi connectivity index (χ0v) is 13.1. The van der Waals surface area contributed by atoms with E-state index in [0.29, 0.717) is 5.78 Å². The maximum Gasteiger partial charge on any atom is 0.254 e. The predicted molar refractivity (Wildman–Crippen MR) is 86.3 cm³/mol. The van der Waals surface area contributed by atoms with E-state index in [9.17, 15) is 0 Å². The highest BCUT2D eigenvalue weighted by Gasteiger charge is 2.25. The summed E-state index contributed by atoms with van der Waals surface area (Å²) < 4.78 is 7.40. The van der Waals surface area contributed by atoms with Crippen LogP contribution >= 0.6 is 0 Å². The molecule has 1 atom stereocenters. The second-order valence-electron chi connectivity index (χ2n) is 5.91. The molecule has 120 valence electrons. The summed E-state index contributed by atoms with van der Waals surface area (Å²) in [6.07, 6.45) is 5.76. The summed E-state index contributed by atoms with van der Waals surface area (Å²) in [5, 5.41) is 7.74. The molecule has 0 aromatic carbocycles. The van der Waals surface area contributed by atoms with E-state index in [4.69, 9.17) is 4.42 Å². The first-order chi connectivity index (χ1) is 11.3. The van der Waals surface area contributed by atoms with Gasteiger partial charge in [0.05, 0.1) is 12.3 Å². The molecule has 0 saturated carbocycles. The van der Waals surface area contributed by atoms with E-state index < -0.39 is 0 Å². The number of aromatic nitrogens is 4. The third-order valence-electron chi connectivity index (χ3n) is 4.31. The van der Waals surface area contributed by atoms with Gasteiger partial charge in [-0.25, -0.2) is 4.98 Å². The van der Waals surface area contributed by atoms with E-state index >= 15 is 0 Å². The fourth-order valence-electron chi connectivity index (χ4n) is 3.20. The first kappa shape index (κ1) is 14.2. The molecule has 3 aromatic heterocycles. The molecule has 0 spiro atoms. The molecule has 4 rings (SSSR count). The molecular formula is C16H20N6O. The molecular weight excluding hydrogens is 292 g/mol. The summed E-state index contributed by atoms with van der Waals surface area (Å²) >= 11 is 0. The highest BCUT2D eigenvalue weighted by atomic mass is 16.3. The Morgan fingerprint density at radius 2 is 2.22 bits per heavy atom. The molecule has 0 aliphatic carbocycles. The van der Waals surface area contributed by atoms with E-state index in [1.165, 1.54) is 19.2 Å². The highest BCUT2D eigenvalue weighted by molar-refractivity contribution is 5.44. The van der Waals surface area contributed by atoms with Gasteiger partial charge in [0, 0.05) is 18.3 Å². The van der Waals surface area contributed by atoms with Gasteiger partial charge in [0.25, 0.3) is 5.78 Å². The van der Waals surface area contributed by atoms with Crippen molar-refractivity contribution < 1.29 is 4.42 Å². The molecule has 1 saturated heterocycles. The number of furan rings is 1. The molecule has 0 radical (unpaired) electrons. The predicted octanol–water partition coefficient (Wildman–Crippen LogP) is 2.27. The molecule has 0 amide bonds. The maximum atomic E-state index is 5.66. The molecule has 7 heteroatoms. The lowest BCUT2D eigenvalue weighted by Gasteiger charge is -2.26. The van der Waals surface area contributed by atoms with Crippen molar-refractivity contribution in [3.05, 3.63) is 42.2 Å². The summed E-state index contributed by atoms with van der Waals surface area (Å²) in [7, 11) is 0. The zero-order valence-electron chi connectivity index (χ0n) is 13.1. The Morgan fingerprint density at radius 1 is 1.35 bits per heavy atom. The van der Waals surface area contributed by atoms with Gasteiger partial charge < -0.3 is 9.73 Å². The van der Waals surface area contributed by atoms with Gasteiger partial charge in [0.2, 0.25) is 0 Å². The van der Waals surface area contributed by atoms with Crippen LogP contribution < -0.4 is 5.32 Å². The largest absolute Gasteiger partial charge is 0.468 e. The molecule has 1 aliphatic rings. The van der Waals surface area contributed by atoms with Crippen LogP contribution in [0, 0.1) is 6.92 Å². The van der Waals surface area contributed by atoms with Crippen LogP contribution in [0.5, 0.6) is 0 Å². The highest BCUT2D eigenvalue weighted by Crippen LogP contribution is 2.26. The quantitative estimate of drug-likeness (QED) is 0.779. The van der Waals surface area contributed by atoms with Gasteiger partial charge in [-0.3, -0.25) is 4.90 Å². The van der Waals surface area contributed by atoms with E-state index in [1.807, 2.05) is 25.1 Å². The van der Waals surface area contributed by atoms with Crippen molar-refractivity contribution in [2.24, 2.45) is 0 Å². The van der Waals surface area contributed by atoms with E-state index in [1.54, 1.807) is 10.8 Å². The molecule has 3 aromatic rings. The number of nitrogens with one attached hydrogen (secondary N) is 1. The zero-order chi connectivity index (χ0) is 15.6. The van der Waals surface area contributed by atoms with Crippen LogP contribution in [-0.2, 0) is 0 Å². The smallest absolute Gasteiger partial charge is 0.254 e. The van der Waals surface area contributed by atoms with E-state index in [2.05, 4.69) is 25.3 Å². The fourth-order valence-corrected chi connectivity index (χ4v) is 3.20. The standard InChI is InChI=1S/C16H20N6O/c1-12-9-15(22-16(20-12)18-11-19-22)17-10-13(14-5-4-8-23-14)21-6-2-3-7-21/h4-5,8-9,11,13,17H,2-3,6-7,10H2,1H3. The second kappa shape index (κ2) is 6.00. The number of nitrogens with zero attached hydrogens (tertiary/aromatic N) is 5. The minimum atomic E-state index is 0.222. The van der Waals surface area contributed by atoms with Gasteiger partial charge in [-0.2, -0.15) is 14.6 Å². The molecule has 7 nitrogen and oxygen atoms in total. The van der Waals surface area contributed by atoms with Crippen LogP contribution in [0.15, 0.2) is 35.2 Å². The number of rotatable bonds is 5. The molecule has 1 N–H and O–H groups in total. The summed E-state index contributed by atoms with van der Waals surface area (Å²) in [4.78, 5) is 11.0. The maximum absolute atomic E-state index is 5.66. The average Bonchev–Trinajstić information content (AvgIpc) is 3.29. The lowest BCUT2D eigenvalue weighted by atomic mass is 10.2. The van der Waals surface area contributed by atoms with Crippen molar-refractivity contribution in [3.8, 4) is 0 Å². The number of hydrogen-bond donors (Lipinski definition) is 1. The molecule has 1 unspecified atom stereocenters. The summed E-state index contributed by atoms with van der Waals surface area (Å²) in [6, 6.07) is 6.21. The average molecular weight is 312 g/mol. The van der Waals surface area contributed by atoms with Crippen molar-refractivity contribution in [2.75, 3.05) is 25.0 Å².